The molecule has 0 bridgehead atoms. The molecule has 2 aliphatic rings. The first kappa shape index (κ1) is 21.4. The molecule has 0 atom stereocenters. The van der Waals surface area contributed by atoms with Crippen LogP contribution in [0.4, 0.5) is 13.2 Å². The van der Waals surface area contributed by atoms with Crippen LogP contribution in [0.25, 0.3) is 11.3 Å². The molecule has 2 aliphatic heterocycles. The average Bonchev–Trinajstić information content (AvgIpc) is 3.24. The highest BCUT2D eigenvalue weighted by molar-refractivity contribution is 5.97. The highest BCUT2D eigenvalue weighted by Crippen LogP contribution is 2.49. The van der Waals surface area contributed by atoms with Crippen molar-refractivity contribution in [1.29, 1.82) is 0 Å². The van der Waals surface area contributed by atoms with Crippen molar-refractivity contribution in [2.75, 3.05) is 13.1 Å². The number of likely N-dealkylation sites (tertiary alicyclic amines) is 1. The summed E-state index contributed by atoms with van der Waals surface area (Å²) in [6.45, 7) is 3.40. The van der Waals surface area contributed by atoms with E-state index in [9.17, 15) is 18.0 Å². The van der Waals surface area contributed by atoms with Crippen molar-refractivity contribution >= 4 is 5.91 Å². The van der Waals surface area contributed by atoms with Crippen LogP contribution in [0.2, 0.25) is 0 Å². The normalized spacial score (nSPS) is 16.7. The van der Waals surface area contributed by atoms with E-state index in [0.29, 0.717) is 32.5 Å². The van der Waals surface area contributed by atoms with E-state index in [1.807, 2.05) is 42.1 Å². The summed E-state index contributed by atoms with van der Waals surface area (Å²) in [5.74, 6) is -0.223. The number of fused-ring (bicyclic) bond motifs is 4. The summed E-state index contributed by atoms with van der Waals surface area (Å²) in [6.07, 6.45) is -2.05. The van der Waals surface area contributed by atoms with Crippen LogP contribution in [0.5, 0.6) is 11.5 Å². The molecule has 1 aromatic heterocycles. The lowest BCUT2D eigenvalue weighted by molar-refractivity contribution is -0.274. The number of aryl methyl sites for hydroxylation is 1. The highest BCUT2D eigenvalue weighted by atomic mass is 19.4. The van der Waals surface area contributed by atoms with E-state index in [-0.39, 0.29) is 5.56 Å². The lowest BCUT2D eigenvalue weighted by atomic mass is 9.81. The Morgan fingerprint density at radius 1 is 1.12 bits per heavy atom. The molecule has 6 nitrogen and oxygen atoms in total. The lowest BCUT2D eigenvalue weighted by Crippen LogP contribution is -2.49. The maximum absolute atomic E-state index is 13.1. The second-order valence-corrected chi connectivity index (χ2v) is 8.15. The van der Waals surface area contributed by atoms with Crippen molar-refractivity contribution < 1.29 is 27.4 Å². The lowest BCUT2D eigenvalue weighted by Gasteiger charge is -2.44. The number of rotatable bonds is 3. The van der Waals surface area contributed by atoms with Gasteiger partial charge in [0.1, 0.15) is 17.1 Å². The molecule has 2 aromatic carbocycles. The first-order chi connectivity index (χ1) is 15.8. The van der Waals surface area contributed by atoms with Gasteiger partial charge in [0, 0.05) is 43.6 Å². The van der Waals surface area contributed by atoms with Crippen molar-refractivity contribution in [2.45, 2.75) is 38.3 Å². The van der Waals surface area contributed by atoms with Gasteiger partial charge in [0.05, 0.1) is 17.5 Å². The molecule has 0 N–H and O–H groups in total. The molecule has 0 unspecified atom stereocenters. The van der Waals surface area contributed by atoms with Gasteiger partial charge in [0.25, 0.3) is 5.91 Å². The summed E-state index contributed by atoms with van der Waals surface area (Å²) in [7, 11) is 0. The molecule has 0 aliphatic carbocycles. The Labute approximate surface area is 188 Å². The number of hydrogen-bond donors (Lipinski definition) is 0. The van der Waals surface area contributed by atoms with Crippen molar-refractivity contribution in [3.63, 3.8) is 0 Å². The van der Waals surface area contributed by atoms with Gasteiger partial charge >= 0.3 is 6.36 Å². The molecule has 3 aromatic rings. The van der Waals surface area contributed by atoms with Gasteiger partial charge in [-0.25, -0.2) is 0 Å². The summed E-state index contributed by atoms with van der Waals surface area (Å²) in [5.41, 5.74) is 2.23. The first-order valence-electron chi connectivity index (χ1n) is 10.8. The molecule has 0 saturated carbocycles. The Hall–Kier alpha value is -3.49. The van der Waals surface area contributed by atoms with Crippen molar-refractivity contribution in [3.05, 3.63) is 65.9 Å². The number of ether oxygens (including phenoxy) is 2. The van der Waals surface area contributed by atoms with Gasteiger partial charge in [-0.15, -0.1) is 13.2 Å². The molecule has 1 spiro atoms. The monoisotopic (exact) mass is 457 g/mol. The van der Waals surface area contributed by atoms with Crippen molar-refractivity contribution in [2.24, 2.45) is 0 Å². The van der Waals surface area contributed by atoms with Crippen LogP contribution in [-0.4, -0.2) is 40.0 Å². The minimum atomic E-state index is -4.87. The quantitative estimate of drug-likeness (QED) is 0.556. The Balaban J connectivity index is 1.41. The summed E-state index contributed by atoms with van der Waals surface area (Å²) in [4.78, 5) is 14.6. The summed E-state index contributed by atoms with van der Waals surface area (Å²) in [6, 6.07) is 13.2. The fourth-order valence-corrected chi connectivity index (χ4v) is 4.73. The third-order valence-electron chi connectivity index (χ3n) is 6.28. The number of hydrogen-bond acceptors (Lipinski definition) is 4. The van der Waals surface area contributed by atoms with Gasteiger partial charge in [0.2, 0.25) is 0 Å². The van der Waals surface area contributed by atoms with Gasteiger partial charge in [-0.2, -0.15) is 5.10 Å². The van der Waals surface area contributed by atoms with E-state index in [1.165, 1.54) is 18.2 Å². The highest BCUT2D eigenvalue weighted by Gasteiger charge is 2.46. The number of amides is 1. The molecule has 3 heterocycles. The second kappa shape index (κ2) is 7.83. The Bertz CT molecular complexity index is 1200. The van der Waals surface area contributed by atoms with E-state index >= 15 is 0 Å². The molecule has 0 radical (unpaired) electrons. The van der Waals surface area contributed by atoms with Gasteiger partial charge in [0.15, 0.2) is 0 Å². The Kier molecular flexibility index (Phi) is 5.07. The molecule has 1 saturated heterocycles. The number of para-hydroxylation sites is 2. The van der Waals surface area contributed by atoms with Crippen LogP contribution in [0, 0.1) is 0 Å². The van der Waals surface area contributed by atoms with Gasteiger partial charge in [-0.3, -0.25) is 9.48 Å². The second-order valence-electron chi connectivity index (χ2n) is 8.15. The Morgan fingerprint density at radius 3 is 2.55 bits per heavy atom. The number of aromatic nitrogens is 2. The summed E-state index contributed by atoms with van der Waals surface area (Å²) < 4.78 is 50.9. The molecule has 1 amide bonds. The van der Waals surface area contributed by atoms with Crippen molar-refractivity contribution in [3.8, 4) is 22.8 Å². The van der Waals surface area contributed by atoms with E-state index in [0.717, 1.165) is 28.6 Å². The van der Waals surface area contributed by atoms with Gasteiger partial charge < -0.3 is 14.4 Å². The standard InChI is InChI=1S/C24H22F3N3O3/c1-2-30-21-16-7-3-5-9-19(16)32-23(18(21)15-28-30)11-13-29(14-12-23)22(31)17-8-4-6-10-20(17)33-24(25,26)27/h3-10,15H,2,11-14H2,1H3. The minimum absolute atomic E-state index is 0.111. The number of piperidine rings is 1. The molecular formula is C24H22F3N3O3. The average molecular weight is 457 g/mol. The van der Waals surface area contributed by atoms with Crippen LogP contribution in [0.3, 0.4) is 0 Å². The van der Waals surface area contributed by atoms with Gasteiger partial charge in [-0.05, 0) is 31.2 Å². The topological polar surface area (TPSA) is 56.6 Å². The maximum Gasteiger partial charge on any atom is 0.573 e. The largest absolute Gasteiger partial charge is 0.573 e. The molecule has 1 fully saturated rings. The van der Waals surface area contributed by atoms with E-state index in [4.69, 9.17) is 4.74 Å². The smallest absolute Gasteiger partial charge is 0.482 e. The molecule has 5 rings (SSSR count). The number of benzene rings is 2. The van der Waals surface area contributed by atoms with Crippen LogP contribution in [0.15, 0.2) is 54.7 Å². The minimum Gasteiger partial charge on any atom is -0.482 e. The zero-order valence-corrected chi connectivity index (χ0v) is 17.9. The summed E-state index contributed by atoms with van der Waals surface area (Å²) >= 11 is 0. The maximum atomic E-state index is 13.1. The zero-order valence-electron chi connectivity index (χ0n) is 17.9. The molecular weight excluding hydrogens is 435 g/mol. The van der Waals surface area contributed by atoms with Gasteiger partial charge in [-0.1, -0.05) is 24.3 Å². The number of nitrogens with zero attached hydrogens (tertiary/aromatic N) is 3. The predicted octanol–water partition coefficient (Wildman–Crippen LogP) is 4.99. The molecule has 9 heteroatoms. The fourth-order valence-electron chi connectivity index (χ4n) is 4.73. The zero-order chi connectivity index (χ0) is 23.2. The van der Waals surface area contributed by atoms with Crippen LogP contribution in [0.1, 0.15) is 35.7 Å². The third-order valence-corrected chi connectivity index (χ3v) is 6.28. The van der Waals surface area contributed by atoms with Crippen LogP contribution < -0.4 is 9.47 Å². The predicted molar refractivity (Wildman–Crippen MR) is 114 cm³/mol. The third kappa shape index (κ3) is 3.71. The van der Waals surface area contributed by atoms with Crippen molar-refractivity contribution in [1.82, 2.24) is 14.7 Å². The first-order valence-corrected chi connectivity index (χ1v) is 10.8. The molecule has 33 heavy (non-hydrogen) atoms. The number of carbonyl (C=O) groups excluding carboxylic acids is 1. The van der Waals surface area contributed by atoms with E-state index in [1.54, 1.807) is 4.90 Å². The fraction of sp³-hybridized carbons (Fsp3) is 0.333. The molecule has 172 valence electrons. The van der Waals surface area contributed by atoms with Crippen LogP contribution in [-0.2, 0) is 12.1 Å². The summed E-state index contributed by atoms with van der Waals surface area (Å²) in [5, 5.41) is 4.55. The van der Waals surface area contributed by atoms with Crippen LogP contribution >= 0.6 is 0 Å². The van der Waals surface area contributed by atoms with E-state index < -0.39 is 23.6 Å². The Morgan fingerprint density at radius 2 is 1.82 bits per heavy atom. The SMILES string of the molecule is CCn1ncc2c1-c1ccccc1OC21CCN(C(=O)c2ccccc2OC(F)(F)F)CC1. The number of alkyl halides is 3. The van der Waals surface area contributed by atoms with E-state index in [2.05, 4.69) is 9.84 Å². The number of halogens is 3. The number of carbonyl (C=O) groups is 1.